The Morgan fingerprint density at radius 1 is 1.00 bits per heavy atom. The number of nitrogens with one attached hydrogen (secondary N) is 1. The van der Waals surface area contributed by atoms with Crippen molar-refractivity contribution < 1.29 is 22.7 Å². The van der Waals surface area contributed by atoms with E-state index in [0.717, 1.165) is 24.5 Å². The van der Waals surface area contributed by atoms with E-state index in [1.807, 2.05) is 12.1 Å². The lowest BCUT2D eigenvalue weighted by Gasteiger charge is -2.27. The maximum atomic E-state index is 13.3. The van der Waals surface area contributed by atoms with E-state index >= 15 is 0 Å². The summed E-state index contributed by atoms with van der Waals surface area (Å²) in [5, 5.41) is 2.90. The molecule has 0 spiro atoms. The van der Waals surface area contributed by atoms with Gasteiger partial charge in [0, 0.05) is 38.4 Å². The monoisotopic (exact) mass is 486 g/mol. The summed E-state index contributed by atoms with van der Waals surface area (Å²) in [6, 6.07) is 7.81. The molecular formula is C24H30N4O5S. The predicted molar refractivity (Wildman–Crippen MR) is 126 cm³/mol. The van der Waals surface area contributed by atoms with Crippen molar-refractivity contribution in [3.63, 3.8) is 0 Å². The molecule has 0 radical (unpaired) electrons. The van der Waals surface area contributed by atoms with Crippen LogP contribution in [0.3, 0.4) is 0 Å². The zero-order chi connectivity index (χ0) is 23.5. The first-order chi connectivity index (χ1) is 16.5. The molecule has 3 aliphatic rings. The third-order valence-electron chi connectivity index (χ3n) is 6.58. The Labute approximate surface area is 200 Å². The number of amides is 1. The number of sulfonamides is 1. The molecule has 1 unspecified atom stereocenters. The summed E-state index contributed by atoms with van der Waals surface area (Å²) in [7, 11) is -3.85. The molecule has 2 fully saturated rings. The lowest BCUT2D eigenvalue weighted by Crippen LogP contribution is -2.45. The third kappa shape index (κ3) is 4.69. The van der Waals surface area contributed by atoms with Gasteiger partial charge in [-0.05, 0) is 55.9 Å². The van der Waals surface area contributed by atoms with E-state index in [-0.39, 0.29) is 10.8 Å². The van der Waals surface area contributed by atoms with Crippen LogP contribution in [-0.2, 0) is 21.4 Å². The van der Waals surface area contributed by atoms with Gasteiger partial charge in [0.05, 0.1) is 4.90 Å². The lowest BCUT2D eigenvalue weighted by atomic mass is 10.1. The molecular weight excluding hydrogens is 456 g/mol. The number of carbonyl (C=O) groups is 1. The van der Waals surface area contributed by atoms with E-state index in [1.165, 1.54) is 35.7 Å². The Morgan fingerprint density at radius 3 is 2.56 bits per heavy atom. The second-order valence-electron chi connectivity index (χ2n) is 8.87. The molecule has 2 aromatic rings. The number of nitrogens with zero attached hydrogens (tertiary/aromatic N) is 3. The molecule has 0 saturated carbocycles. The van der Waals surface area contributed by atoms with Gasteiger partial charge in [-0.1, -0.05) is 6.07 Å². The standard InChI is InChI=1S/C24H30N4O5S/c29-24(26-17-18-6-9-23(25-16-18)27-10-2-1-3-11-27)20-5-4-12-28(20)34(30,31)19-7-8-21-22(15-19)33-14-13-32-21/h6-9,15-16,20H,1-5,10-14,17H2,(H,26,29). The minimum absolute atomic E-state index is 0.106. The molecule has 0 bridgehead atoms. The molecule has 1 amide bonds. The van der Waals surface area contributed by atoms with Crippen molar-refractivity contribution in [2.75, 3.05) is 37.7 Å². The van der Waals surface area contributed by atoms with E-state index in [0.29, 0.717) is 50.6 Å². The number of carbonyl (C=O) groups excluding carboxylic acids is 1. The number of anilines is 1. The molecule has 9 nitrogen and oxygen atoms in total. The summed E-state index contributed by atoms with van der Waals surface area (Å²) in [5.74, 6) is 1.61. The van der Waals surface area contributed by atoms with Gasteiger partial charge in [0.1, 0.15) is 25.1 Å². The molecule has 1 N–H and O–H groups in total. The average Bonchev–Trinajstić information content (AvgIpc) is 3.39. The largest absolute Gasteiger partial charge is 0.486 e. The van der Waals surface area contributed by atoms with Gasteiger partial charge in [0.2, 0.25) is 15.9 Å². The van der Waals surface area contributed by atoms with Crippen LogP contribution in [-0.4, -0.2) is 62.5 Å². The van der Waals surface area contributed by atoms with Crippen LogP contribution in [0.5, 0.6) is 11.5 Å². The van der Waals surface area contributed by atoms with Crippen LogP contribution in [0, 0.1) is 0 Å². The molecule has 5 rings (SSSR count). The molecule has 10 heteroatoms. The maximum absolute atomic E-state index is 13.3. The van der Waals surface area contributed by atoms with Crippen molar-refractivity contribution in [2.45, 2.75) is 49.6 Å². The summed E-state index contributed by atoms with van der Waals surface area (Å²) in [4.78, 5) is 19.9. The van der Waals surface area contributed by atoms with Gasteiger partial charge in [-0.2, -0.15) is 4.31 Å². The first kappa shape index (κ1) is 22.9. The molecule has 1 aromatic carbocycles. The van der Waals surface area contributed by atoms with Crippen molar-refractivity contribution in [1.29, 1.82) is 0 Å². The molecule has 4 heterocycles. The smallest absolute Gasteiger partial charge is 0.243 e. The van der Waals surface area contributed by atoms with Gasteiger partial charge in [-0.15, -0.1) is 0 Å². The summed E-state index contributed by atoms with van der Waals surface area (Å²) >= 11 is 0. The minimum atomic E-state index is -3.85. The Kier molecular flexibility index (Phi) is 6.60. The quantitative estimate of drug-likeness (QED) is 0.669. The van der Waals surface area contributed by atoms with Gasteiger partial charge in [0.15, 0.2) is 11.5 Å². The molecule has 1 atom stereocenters. The zero-order valence-corrected chi connectivity index (χ0v) is 19.9. The first-order valence-corrected chi connectivity index (χ1v) is 13.4. The molecule has 182 valence electrons. The number of aromatic nitrogens is 1. The Hall–Kier alpha value is -2.85. The van der Waals surface area contributed by atoms with Gasteiger partial charge in [-0.3, -0.25) is 4.79 Å². The van der Waals surface area contributed by atoms with Crippen molar-refractivity contribution in [3.05, 3.63) is 42.1 Å². The van der Waals surface area contributed by atoms with Crippen molar-refractivity contribution >= 4 is 21.7 Å². The fraction of sp³-hybridized carbons (Fsp3) is 0.500. The lowest BCUT2D eigenvalue weighted by molar-refractivity contribution is -0.124. The molecule has 34 heavy (non-hydrogen) atoms. The SMILES string of the molecule is O=C(NCc1ccc(N2CCCCC2)nc1)C1CCCN1S(=O)(=O)c1ccc2c(c1)OCCO2. The van der Waals surface area contributed by atoms with Crippen LogP contribution in [0.1, 0.15) is 37.7 Å². The van der Waals surface area contributed by atoms with Crippen LogP contribution in [0.25, 0.3) is 0 Å². The van der Waals surface area contributed by atoms with Crippen molar-refractivity contribution in [3.8, 4) is 11.5 Å². The molecule has 1 aromatic heterocycles. The molecule has 3 aliphatic heterocycles. The van der Waals surface area contributed by atoms with E-state index in [4.69, 9.17) is 9.47 Å². The predicted octanol–water partition coefficient (Wildman–Crippen LogP) is 2.31. The van der Waals surface area contributed by atoms with Gasteiger partial charge in [0.25, 0.3) is 0 Å². The number of pyridine rings is 1. The first-order valence-electron chi connectivity index (χ1n) is 11.9. The van der Waals surface area contributed by atoms with Gasteiger partial charge in [-0.25, -0.2) is 13.4 Å². The minimum Gasteiger partial charge on any atom is -0.486 e. The van der Waals surface area contributed by atoms with E-state index < -0.39 is 16.1 Å². The number of hydrogen-bond acceptors (Lipinski definition) is 7. The average molecular weight is 487 g/mol. The highest BCUT2D eigenvalue weighted by molar-refractivity contribution is 7.89. The van der Waals surface area contributed by atoms with Crippen LogP contribution >= 0.6 is 0 Å². The van der Waals surface area contributed by atoms with E-state index in [2.05, 4.69) is 15.2 Å². The maximum Gasteiger partial charge on any atom is 0.243 e. The third-order valence-corrected chi connectivity index (χ3v) is 8.49. The number of rotatable bonds is 6. The molecule has 2 saturated heterocycles. The van der Waals surface area contributed by atoms with Crippen molar-refractivity contribution in [2.24, 2.45) is 0 Å². The van der Waals surface area contributed by atoms with Crippen LogP contribution < -0.4 is 19.7 Å². The van der Waals surface area contributed by atoms with Gasteiger partial charge < -0.3 is 19.7 Å². The molecule has 0 aliphatic carbocycles. The van der Waals surface area contributed by atoms with Gasteiger partial charge >= 0.3 is 0 Å². The topological polar surface area (TPSA) is 101 Å². The fourth-order valence-corrected chi connectivity index (χ4v) is 6.42. The fourth-order valence-electron chi connectivity index (χ4n) is 4.75. The van der Waals surface area contributed by atoms with Crippen LogP contribution in [0.4, 0.5) is 5.82 Å². The summed E-state index contributed by atoms with van der Waals surface area (Å²) in [6.07, 6.45) is 6.54. The summed E-state index contributed by atoms with van der Waals surface area (Å²) < 4.78 is 39.0. The number of hydrogen-bond donors (Lipinski definition) is 1. The van der Waals surface area contributed by atoms with E-state index in [1.54, 1.807) is 12.3 Å². The van der Waals surface area contributed by atoms with Crippen LogP contribution in [0.2, 0.25) is 0 Å². The second-order valence-corrected chi connectivity index (χ2v) is 10.8. The number of piperidine rings is 1. The summed E-state index contributed by atoms with van der Waals surface area (Å²) in [6.45, 7) is 3.47. The van der Waals surface area contributed by atoms with Crippen LogP contribution in [0.15, 0.2) is 41.4 Å². The summed E-state index contributed by atoms with van der Waals surface area (Å²) in [5.41, 5.74) is 0.883. The Morgan fingerprint density at radius 2 is 1.79 bits per heavy atom. The number of benzene rings is 1. The Balaban J connectivity index is 1.23. The normalized spacial score (nSPS) is 20.8. The van der Waals surface area contributed by atoms with E-state index in [9.17, 15) is 13.2 Å². The van der Waals surface area contributed by atoms with Crippen molar-refractivity contribution in [1.82, 2.24) is 14.6 Å². The number of ether oxygens (including phenoxy) is 2. The highest BCUT2D eigenvalue weighted by Gasteiger charge is 2.39. The highest BCUT2D eigenvalue weighted by Crippen LogP contribution is 2.34. The zero-order valence-electron chi connectivity index (χ0n) is 19.1. The Bertz CT molecular complexity index is 1130. The number of fused-ring (bicyclic) bond motifs is 1. The second kappa shape index (κ2) is 9.79. The highest BCUT2D eigenvalue weighted by atomic mass is 32.2.